The molecule has 0 fully saturated rings. The van der Waals surface area contributed by atoms with Gasteiger partial charge in [-0.1, -0.05) is 20.3 Å². The molecular formula is C14H24N2O2. The van der Waals surface area contributed by atoms with Crippen LogP contribution in [-0.4, -0.2) is 14.2 Å². The highest BCUT2D eigenvalue weighted by Crippen LogP contribution is 2.32. The molecule has 1 rings (SSSR count). The van der Waals surface area contributed by atoms with Crippen molar-refractivity contribution in [2.75, 3.05) is 14.2 Å². The minimum absolute atomic E-state index is 0.0741. The minimum Gasteiger partial charge on any atom is -0.497 e. The number of ether oxygens (including phenoxy) is 2. The molecule has 0 saturated carbocycles. The van der Waals surface area contributed by atoms with E-state index >= 15 is 0 Å². The molecule has 0 aliphatic heterocycles. The highest BCUT2D eigenvalue weighted by molar-refractivity contribution is 5.42. The molecule has 1 aromatic carbocycles. The Hall–Kier alpha value is -1.26. The zero-order valence-electron chi connectivity index (χ0n) is 11.7. The van der Waals surface area contributed by atoms with E-state index in [0.29, 0.717) is 5.92 Å². The van der Waals surface area contributed by atoms with Gasteiger partial charge in [-0.15, -0.1) is 0 Å². The molecule has 0 saturated heterocycles. The molecule has 2 unspecified atom stereocenters. The van der Waals surface area contributed by atoms with Crippen LogP contribution in [-0.2, 0) is 0 Å². The first-order valence-electron chi connectivity index (χ1n) is 6.34. The number of nitrogens with one attached hydrogen (secondary N) is 1. The highest BCUT2D eigenvalue weighted by atomic mass is 16.5. The van der Waals surface area contributed by atoms with E-state index in [2.05, 4.69) is 19.3 Å². The lowest BCUT2D eigenvalue weighted by Crippen LogP contribution is -2.29. The number of benzene rings is 1. The van der Waals surface area contributed by atoms with Gasteiger partial charge in [0.15, 0.2) is 0 Å². The number of hydrogen-bond donors (Lipinski definition) is 2. The third kappa shape index (κ3) is 3.62. The molecule has 1 aromatic rings. The molecule has 0 amide bonds. The van der Waals surface area contributed by atoms with Gasteiger partial charge in [0.1, 0.15) is 11.5 Å². The average Bonchev–Trinajstić information content (AvgIpc) is 2.43. The topological polar surface area (TPSA) is 56.5 Å². The summed E-state index contributed by atoms with van der Waals surface area (Å²) in [5, 5.41) is 0. The fourth-order valence-corrected chi connectivity index (χ4v) is 1.97. The van der Waals surface area contributed by atoms with Crippen LogP contribution in [0.25, 0.3) is 0 Å². The van der Waals surface area contributed by atoms with Gasteiger partial charge < -0.3 is 9.47 Å². The summed E-state index contributed by atoms with van der Waals surface area (Å²) < 4.78 is 10.6. The lowest BCUT2D eigenvalue weighted by molar-refractivity contribution is 0.368. The summed E-state index contributed by atoms with van der Waals surface area (Å²) in [5.74, 6) is 7.93. The third-order valence-corrected chi connectivity index (χ3v) is 3.35. The molecule has 0 aliphatic carbocycles. The molecule has 2 atom stereocenters. The minimum atomic E-state index is 0.0741. The SMILES string of the molecule is CCC(C)CC(NN)c1cc(OC)ccc1OC. The van der Waals surface area contributed by atoms with Crippen LogP contribution in [0.4, 0.5) is 0 Å². The summed E-state index contributed by atoms with van der Waals surface area (Å²) in [6, 6.07) is 5.85. The molecular weight excluding hydrogens is 228 g/mol. The largest absolute Gasteiger partial charge is 0.497 e. The van der Waals surface area contributed by atoms with Gasteiger partial charge in [0.25, 0.3) is 0 Å². The molecule has 0 aromatic heterocycles. The number of methoxy groups -OCH3 is 2. The van der Waals surface area contributed by atoms with Gasteiger partial charge in [0.2, 0.25) is 0 Å². The average molecular weight is 252 g/mol. The maximum atomic E-state index is 5.68. The van der Waals surface area contributed by atoms with Gasteiger partial charge in [-0.2, -0.15) is 0 Å². The first-order valence-corrected chi connectivity index (χ1v) is 6.34. The van der Waals surface area contributed by atoms with E-state index in [1.165, 1.54) is 0 Å². The number of hydrogen-bond acceptors (Lipinski definition) is 4. The van der Waals surface area contributed by atoms with E-state index in [4.69, 9.17) is 15.3 Å². The Morgan fingerprint density at radius 2 is 2.00 bits per heavy atom. The quantitative estimate of drug-likeness (QED) is 0.578. The maximum absolute atomic E-state index is 5.68. The van der Waals surface area contributed by atoms with E-state index in [-0.39, 0.29) is 6.04 Å². The molecule has 0 aliphatic rings. The van der Waals surface area contributed by atoms with Crippen molar-refractivity contribution in [3.63, 3.8) is 0 Å². The van der Waals surface area contributed by atoms with Gasteiger partial charge in [-0.25, -0.2) is 0 Å². The summed E-state index contributed by atoms with van der Waals surface area (Å²) >= 11 is 0. The number of rotatable bonds is 7. The van der Waals surface area contributed by atoms with Crippen LogP contribution in [0.15, 0.2) is 18.2 Å². The predicted molar refractivity (Wildman–Crippen MR) is 73.7 cm³/mol. The second kappa shape index (κ2) is 7.24. The van der Waals surface area contributed by atoms with Gasteiger partial charge in [0.05, 0.1) is 20.3 Å². The molecule has 4 heteroatoms. The highest BCUT2D eigenvalue weighted by Gasteiger charge is 2.18. The standard InChI is InChI=1S/C14H24N2O2/c1-5-10(2)8-13(16-15)12-9-11(17-3)6-7-14(12)18-4/h6-7,9-10,13,16H,5,8,15H2,1-4H3. The molecule has 102 valence electrons. The van der Waals surface area contributed by atoms with Crippen molar-refractivity contribution in [2.24, 2.45) is 11.8 Å². The van der Waals surface area contributed by atoms with E-state index in [1.807, 2.05) is 18.2 Å². The van der Waals surface area contributed by atoms with Crippen LogP contribution >= 0.6 is 0 Å². The van der Waals surface area contributed by atoms with E-state index in [0.717, 1.165) is 29.9 Å². The summed E-state index contributed by atoms with van der Waals surface area (Å²) in [6.07, 6.45) is 2.10. The first-order chi connectivity index (χ1) is 8.65. The molecule has 3 N–H and O–H groups in total. The van der Waals surface area contributed by atoms with Gasteiger partial charge in [-0.05, 0) is 30.5 Å². The monoisotopic (exact) mass is 252 g/mol. The molecule has 0 heterocycles. The summed E-state index contributed by atoms with van der Waals surface area (Å²) in [5.41, 5.74) is 3.92. The normalized spacial score (nSPS) is 14.1. The number of nitrogens with two attached hydrogens (primary N) is 1. The van der Waals surface area contributed by atoms with Crippen molar-refractivity contribution >= 4 is 0 Å². The Kier molecular flexibility index (Phi) is 5.95. The van der Waals surface area contributed by atoms with Crippen LogP contribution < -0.4 is 20.7 Å². The smallest absolute Gasteiger partial charge is 0.123 e. The molecule has 0 radical (unpaired) electrons. The Bertz CT molecular complexity index is 369. The zero-order valence-corrected chi connectivity index (χ0v) is 11.7. The molecule has 18 heavy (non-hydrogen) atoms. The van der Waals surface area contributed by atoms with Crippen LogP contribution in [0, 0.1) is 5.92 Å². The summed E-state index contributed by atoms with van der Waals surface area (Å²) in [4.78, 5) is 0. The maximum Gasteiger partial charge on any atom is 0.123 e. The van der Waals surface area contributed by atoms with Crippen LogP contribution in [0.2, 0.25) is 0 Å². The molecule has 4 nitrogen and oxygen atoms in total. The zero-order chi connectivity index (χ0) is 13.5. The predicted octanol–water partition coefficient (Wildman–Crippen LogP) is 2.64. The van der Waals surface area contributed by atoms with Crippen molar-refractivity contribution in [3.8, 4) is 11.5 Å². The molecule has 0 spiro atoms. The Labute approximate surface area is 109 Å². The second-order valence-corrected chi connectivity index (χ2v) is 4.58. The Morgan fingerprint density at radius 1 is 1.28 bits per heavy atom. The summed E-state index contributed by atoms with van der Waals surface area (Å²) in [6.45, 7) is 4.40. The molecule has 0 bridgehead atoms. The second-order valence-electron chi connectivity index (χ2n) is 4.58. The Morgan fingerprint density at radius 3 is 2.50 bits per heavy atom. The van der Waals surface area contributed by atoms with E-state index in [9.17, 15) is 0 Å². The van der Waals surface area contributed by atoms with Gasteiger partial charge in [0, 0.05) is 5.56 Å². The Balaban J connectivity index is 3.01. The lowest BCUT2D eigenvalue weighted by atomic mass is 9.94. The van der Waals surface area contributed by atoms with Crippen LogP contribution in [0.3, 0.4) is 0 Å². The van der Waals surface area contributed by atoms with Gasteiger partial charge in [-0.3, -0.25) is 11.3 Å². The van der Waals surface area contributed by atoms with Crippen molar-refractivity contribution < 1.29 is 9.47 Å². The van der Waals surface area contributed by atoms with Crippen molar-refractivity contribution in [2.45, 2.75) is 32.7 Å². The van der Waals surface area contributed by atoms with Crippen molar-refractivity contribution in [1.29, 1.82) is 0 Å². The van der Waals surface area contributed by atoms with Crippen molar-refractivity contribution in [1.82, 2.24) is 5.43 Å². The van der Waals surface area contributed by atoms with Crippen LogP contribution in [0.1, 0.15) is 38.3 Å². The fraction of sp³-hybridized carbons (Fsp3) is 0.571. The van der Waals surface area contributed by atoms with Gasteiger partial charge >= 0.3 is 0 Å². The fourth-order valence-electron chi connectivity index (χ4n) is 1.97. The van der Waals surface area contributed by atoms with Crippen molar-refractivity contribution in [3.05, 3.63) is 23.8 Å². The third-order valence-electron chi connectivity index (χ3n) is 3.35. The van der Waals surface area contributed by atoms with Crippen LogP contribution in [0.5, 0.6) is 11.5 Å². The van der Waals surface area contributed by atoms with E-state index in [1.54, 1.807) is 14.2 Å². The first kappa shape index (κ1) is 14.8. The summed E-state index contributed by atoms with van der Waals surface area (Å²) in [7, 11) is 3.33. The number of hydrazine groups is 1. The lowest BCUT2D eigenvalue weighted by Gasteiger charge is -2.22. The van der Waals surface area contributed by atoms with E-state index < -0.39 is 0 Å².